The Morgan fingerprint density at radius 1 is 1.29 bits per heavy atom. The van der Waals surface area contributed by atoms with Crippen molar-refractivity contribution in [2.24, 2.45) is 0 Å². The average molecular weight is 244 g/mol. The molecule has 0 radical (unpaired) electrons. The number of hydrogen-bond donors (Lipinski definition) is 0. The Balaban J connectivity index is 1.92. The van der Waals surface area contributed by atoms with Gasteiger partial charge in [0.05, 0.1) is 16.5 Å². The molecule has 86 valence electrons. The molecular formula is C13H12N2OS. The van der Waals surface area contributed by atoms with Gasteiger partial charge in [0.15, 0.2) is 12.2 Å². The van der Waals surface area contributed by atoms with Crippen LogP contribution in [0.15, 0.2) is 53.5 Å². The summed E-state index contributed by atoms with van der Waals surface area (Å²) in [6, 6.07) is 10.3. The molecule has 0 N–H and O–H groups in total. The zero-order valence-electron chi connectivity index (χ0n) is 9.41. The number of hydrogen-bond acceptors (Lipinski definition) is 4. The minimum Gasteiger partial charge on any atom is -0.443 e. The van der Waals surface area contributed by atoms with Crippen molar-refractivity contribution in [2.75, 3.05) is 4.90 Å². The van der Waals surface area contributed by atoms with Crippen molar-refractivity contribution in [1.82, 2.24) is 4.98 Å². The Kier molecular flexibility index (Phi) is 2.65. The first-order valence-corrected chi connectivity index (χ1v) is 6.33. The van der Waals surface area contributed by atoms with Crippen LogP contribution >= 0.6 is 11.8 Å². The summed E-state index contributed by atoms with van der Waals surface area (Å²) in [5.41, 5.74) is 1.20. The Labute approximate surface area is 104 Å². The van der Waals surface area contributed by atoms with Crippen LogP contribution in [0.3, 0.4) is 0 Å². The summed E-state index contributed by atoms with van der Waals surface area (Å²) >= 11 is 1.78. The normalized spacial score (nSPS) is 19.5. The fourth-order valence-electron chi connectivity index (χ4n) is 1.85. The topological polar surface area (TPSA) is 29.3 Å². The Morgan fingerprint density at radius 3 is 2.82 bits per heavy atom. The van der Waals surface area contributed by atoms with Gasteiger partial charge < -0.3 is 9.32 Å². The lowest BCUT2D eigenvalue weighted by atomic mass is 10.3. The second kappa shape index (κ2) is 4.30. The first-order valence-electron chi connectivity index (χ1n) is 5.45. The molecule has 1 aliphatic rings. The molecule has 1 aromatic heterocycles. The van der Waals surface area contributed by atoms with Gasteiger partial charge in [-0.2, -0.15) is 0 Å². The van der Waals surface area contributed by atoms with E-state index >= 15 is 0 Å². The number of rotatable bonds is 2. The molecule has 2 aromatic rings. The largest absolute Gasteiger partial charge is 0.443 e. The first-order chi connectivity index (χ1) is 8.34. The predicted octanol–water partition coefficient (Wildman–Crippen LogP) is 3.57. The van der Waals surface area contributed by atoms with Crippen LogP contribution in [0, 0.1) is 0 Å². The van der Waals surface area contributed by atoms with Gasteiger partial charge in [-0.15, -0.1) is 0 Å². The molecule has 0 spiro atoms. The number of para-hydroxylation sites is 1. The second-order valence-electron chi connectivity index (χ2n) is 3.82. The maximum atomic E-state index is 5.32. The van der Waals surface area contributed by atoms with Crippen molar-refractivity contribution in [3.63, 3.8) is 0 Å². The van der Waals surface area contributed by atoms with E-state index in [1.165, 1.54) is 12.1 Å². The van der Waals surface area contributed by atoms with Crippen LogP contribution in [-0.4, -0.2) is 10.4 Å². The van der Waals surface area contributed by atoms with E-state index in [1.54, 1.807) is 18.0 Å². The van der Waals surface area contributed by atoms with Gasteiger partial charge in [-0.3, -0.25) is 0 Å². The van der Waals surface area contributed by atoms with Crippen molar-refractivity contribution in [1.29, 1.82) is 0 Å². The molecule has 0 saturated carbocycles. The minimum absolute atomic E-state index is 0.373. The molecule has 4 heteroatoms. The van der Waals surface area contributed by atoms with Crippen LogP contribution in [0.4, 0.5) is 5.69 Å². The van der Waals surface area contributed by atoms with E-state index in [9.17, 15) is 0 Å². The molecule has 0 aliphatic carbocycles. The number of oxazole rings is 1. The lowest BCUT2D eigenvalue weighted by molar-refractivity contribution is 0.547. The summed E-state index contributed by atoms with van der Waals surface area (Å²) in [4.78, 5) is 7.31. The van der Waals surface area contributed by atoms with E-state index in [0.29, 0.717) is 5.37 Å². The fourth-order valence-corrected chi connectivity index (χ4v) is 2.90. The Bertz CT molecular complexity index is 522. The summed E-state index contributed by atoms with van der Waals surface area (Å²) in [5, 5.41) is 0.373. The average Bonchev–Trinajstić information content (AvgIpc) is 2.99. The fraction of sp³-hybridized carbons (Fsp3) is 0.154. The molecule has 1 unspecified atom stereocenters. The molecule has 0 bridgehead atoms. The van der Waals surface area contributed by atoms with Gasteiger partial charge in [0.25, 0.3) is 0 Å². The van der Waals surface area contributed by atoms with Gasteiger partial charge in [0.2, 0.25) is 0 Å². The highest BCUT2D eigenvalue weighted by atomic mass is 32.2. The van der Waals surface area contributed by atoms with Crippen molar-refractivity contribution in [3.8, 4) is 0 Å². The quantitative estimate of drug-likeness (QED) is 0.807. The van der Waals surface area contributed by atoms with E-state index in [1.807, 2.05) is 18.2 Å². The van der Waals surface area contributed by atoms with Crippen LogP contribution < -0.4 is 4.90 Å². The van der Waals surface area contributed by atoms with Crippen LogP contribution in [-0.2, 0) is 0 Å². The van der Waals surface area contributed by atoms with Gasteiger partial charge in [0, 0.05) is 11.9 Å². The minimum atomic E-state index is 0.373. The molecule has 0 saturated heterocycles. The molecule has 0 amide bonds. The lowest BCUT2D eigenvalue weighted by Gasteiger charge is -2.20. The van der Waals surface area contributed by atoms with Gasteiger partial charge in [0.1, 0.15) is 0 Å². The molecule has 1 aromatic carbocycles. The monoisotopic (exact) mass is 244 g/mol. The van der Waals surface area contributed by atoms with E-state index in [0.717, 1.165) is 10.7 Å². The molecule has 1 atom stereocenters. The highest BCUT2D eigenvalue weighted by Gasteiger charge is 2.24. The van der Waals surface area contributed by atoms with E-state index in [-0.39, 0.29) is 0 Å². The molecule has 1 aliphatic heterocycles. The highest BCUT2D eigenvalue weighted by molar-refractivity contribution is 8.09. The van der Waals surface area contributed by atoms with Crippen molar-refractivity contribution in [2.45, 2.75) is 12.3 Å². The van der Waals surface area contributed by atoms with Crippen molar-refractivity contribution >= 4 is 22.4 Å². The van der Waals surface area contributed by atoms with Crippen LogP contribution in [0.5, 0.6) is 0 Å². The summed E-state index contributed by atoms with van der Waals surface area (Å²) in [5.74, 6) is 0.834. The smallest absolute Gasteiger partial charge is 0.181 e. The van der Waals surface area contributed by atoms with Crippen LogP contribution in [0.2, 0.25) is 0 Å². The molecule has 0 fully saturated rings. The highest BCUT2D eigenvalue weighted by Crippen LogP contribution is 2.41. The van der Waals surface area contributed by atoms with Gasteiger partial charge in [-0.25, -0.2) is 4.98 Å². The third-order valence-electron chi connectivity index (χ3n) is 2.68. The molecule has 3 rings (SSSR count). The molecular weight excluding hydrogens is 232 g/mol. The Hall–Kier alpha value is -1.68. The van der Waals surface area contributed by atoms with Gasteiger partial charge >= 0.3 is 0 Å². The van der Waals surface area contributed by atoms with Crippen molar-refractivity contribution in [3.05, 3.63) is 54.9 Å². The van der Waals surface area contributed by atoms with Gasteiger partial charge in [-0.05, 0) is 19.1 Å². The second-order valence-corrected chi connectivity index (χ2v) is 5.18. The number of nitrogens with zero attached hydrogens (tertiary/aromatic N) is 2. The summed E-state index contributed by atoms with van der Waals surface area (Å²) < 4.78 is 5.32. The van der Waals surface area contributed by atoms with Gasteiger partial charge in [-0.1, -0.05) is 30.0 Å². The SMILES string of the molecule is CC1SC(c2cnco2)=CN1c1ccccc1. The molecule has 3 nitrogen and oxygen atoms in total. The number of benzene rings is 1. The first kappa shape index (κ1) is 10.5. The zero-order valence-corrected chi connectivity index (χ0v) is 10.2. The number of anilines is 1. The third kappa shape index (κ3) is 1.96. The third-order valence-corrected chi connectivity index (χ3v) is 3.80. The van der Waals surface area contributed by atoms with Crippen LogP contribution in [0.25, 0.3) is 4.91 Å². The summed E-state index contributed by atoms with van der Waals surface area (Å²) in [6.45, 7) is 2.18. The predicted molar refractivity (Wildman–Crippen MR) is 70.5 cm³/mol. The van der Waals surface area contributed by atoms with E-state index < -0.39 is 0 Å². The number of aromatic nitrogens is 1. The standard InChI is InChI=1S/C13H12N2OS/c1-10-15(11-5-3-2-4-6-11)8-13(17-10)12-7-14-9-16-12/h2-10H,1H3. The zero-order chi connectivity index (χ0) is 11.7. The summed E-state index contributed by atoms with van der Waals surface area (Å²) in [7, 11) is 0. The van der Waals surface area contributed by atoms with E-state index in [4.69, 9.17) is 4.42 Å². The number of thioether (sulfide) groups is 1. The Morgan fingerprint density at radius 2 is 2.12 bits per heavy atom. The van der Waals surface area contributed by atoms with Crippen molar-refractivity contribution < 1.29 is 4.42 Å². The molecule has 17 heavy (non-hydrogen) atoms. The maximum absolute atomic E-state index is 5.32. The summed E-state index contributed by atoms with van der Waals surface area (Å²) in [6.07, 6.45) is 5.33. The van der Waals surface area contributed by atoms with Crippen LogP contribution in [0.1, 0.15) is 12.7 Å². The molecule has 2 heterocycles. The maximum Gasteiger partial charge on any atom is 0.181 e. The lowest BCUT2D eigenvalue weighted by Crippen LogP contribution is -2.20. The van der Waals surface area contributed by atoms with E-state index in [2.05, 4.69) is 35.1 Å².